The van der Waals surface area contributed by atoms with Gasteiger partial charge in [0.2, 0.25) is 0 Å². The molecule has 4 rings (SSSR count). The molecule has 1 aliphatic rings. The fraction of sp³-hybridized carbons (Fsp3) is 0.0588. The Hall–Kier alpha value is -1.60. The smallest absolute Gasteiger partial charge is 0.0181 e. The SMILES string of the molecule is Brc1ccc2c3c(ccc2c1)Cc1ccccc1-3. The Kier molecular flexibility index (Phi) is 2.12. The van der Waals surface area contributed by atoms with Crippen molar-refractivity contribution in [3.63, 3.8) is 0 Å². The van der Waals surface area contributed by atoms with Gasteiger partial charge >= 0.3 is 0 Å². The van der Waals surface area contributed by atoms with Gasteiger partial charge in [0.25, 0.3) is 0 Å². The van der Waals surface area contributed by atoms with Crippen molar-refractivity contribution < 1.29 is 0 Å². The number of benzene rings is 3. The van der Waals surface area contributed by atoms with Gasteiger partial charge in [-0.2, -0.15) is 0 Å². The van der Waals surface area contributed by atoms with Crippen LogP contribution in [0.25, 0.3) is 21.9 Å². The Bertz CT molecular complexity index is 772. The van der Waals surface area contributed by atoms with E-state index in [9.17, 15) is 0 Å². The molecular weight excluding hydrogens is 284 g/mol. The number of hydrogen-bond acceptors (Lipinski definition) is 0. The van der Waals surface area contributed by atoms with E-state index in [1.165, 1.54) is 33.0 Å². The topological polar surface area (TPSA) is 0 Å². The van der Waals surface area contributed by atoms with E-state index in [0.717, 1.165) is 10.9 Å². The molecule has 0 unspecified atom stereocenters. The van der Waals surface area contributed by atoms with Gasteiger partial charge in [0.15, 0.2) is 0 Å². The zero-order chi connectivity index (χ0) is 12.1. The van der Waals surface area contributed by atoms with Crippen LogP contribution in [0.4, 0.5) is 0 Å². The molecule has 0 N–H and O–H groups in total. The Morgan fingerprint density at radius 3 is 2.67 bits per heavy atom. The summed E-state index contributed by atoms with van der Waals surface area (Å²) in [7, 11) is 0. The van der Waals surface area contributed by atoms with Crippen molar-refractivity contribution in [3.05, 3.63) is 70.2 Å². The highest BCUT2D eigenvalue weighted by Crippen LogP contribution is 2.41. The highest BCUT2D eigenvalue weighted by molar-refractivity contribution is 9.10. The molecule has 0 aliphatic heterocycles. The standard InChI is InChI=1S/C17H11Br/c18-14-7-8-16-12(10-14)5-6-13-9-11-3-1-2-4-15(11)17(13)16/h1-8,10H,9H2. The van der Waals surface area contributed by atoms with Crippen LogP contribution in [0.1, 0.15) is 11.1 Å². The molecule has 1 heteroatoms. The minimum Gasteiger partial charge on any atom is -0.0619 e. The summed E-state index contributed by atoms with van der Waals surface area (Å²) in [5.74, 6) is 0. The van der Waals surface area contributed by atoms with Crippen molar-refractivity contribution in [2.45, 2.75) is 6.42 Å². The predicted molar refractivity (Wildman–Crippen MR) is 79.9 cm³/mol. The van der Waals surface area contributed by atoms with E-state index in [1.54, 1.807) is 0 Å². The molecule has 0 saturated carbocycles. The Labute approximate surface area is 114 Å². The summed E-state index contributed by atoms with van der Waals surface area (Å²) in [5.41, 5.74) is 5.73. The number of hydrogen-bond donors (Lipinski definition) is 0. The van der Waals surface area contributed by atoms with E-state index < -0.39 is 0 Å². The van der Waals surface area contributed by atoms with Crippen LogP contribution >= 0.6 is 15.9 Å². The largest absolute Gasteiger partial charge is 0.0619 e. The maximum Gasteiger partial charge on any atom is 0.0181 e. The molecular formula is C17H11Br. The van der Waals surface area contributed by atoms with Crippen LogP contribution in [0.5, 0.6) is 0 Å². The lowest BCUT2D eigenvalue weighted by molar-refractivity contribution is 1.27. The molecule has 0 aromatic heterocycles. The molecule has 3 aromatic carbocycles. The second-order valence-corrected chi connectivity index (χ2v) is 5.71. The van der Waals surface area contributed by atoms with Crippen LogP contribution in [0.2, 0.25) is 0 Å². The van der Waals surface area contributed by atoms with Crippen LogP contribution in [0.15, 0.2) is 59.1 Å². The molecule has 0 amide bonds. The molecule has 86 valence electrons. The number of fused-ring (bicyclic) bond motifs is 5. The summed E-state index contributed by atoms with van der Waals surface area (Å²) in [6, 6.07) is 19.8. The third kappa shape index (κ3) is 1.37. The summed E-state index contributed by atoms with van der Waals surface area (Å²) in [6.07, 6.45) is 1.07. The van der Waals surface area contributed by atoms with E-state index in [1.807, 2.05) is 0 Å². The summed E-state index contributed by atoms with van der Waals surface area (Å²) >= 11 is 3.54. The summed E-state index contributed by atoms with van der Waals surface area (Å²) in [4.78, 5) is 0. The van der Waals surface area contributed by atoms with Gasteiger partial charge in [0, 0.05) is 4.47 Å². The maximum absolute atomic E-state index is 3.54. The highest BCUT2D eigenvalue weighted by atomic mass is 79.9. The van der Waals surface area contributed by atoms with Gasteiger partial charge in [-0.1, -0.05) is 58.4 Å². The first kappa shape index (κ1) is 10.3. The molecule has 0 spiro atoms. The quantitative estimate of drug-likeness (QED) is 0.419. The fourth-order valence-electron chi connectivity index (χ4n) is 2.93. The van der Waals surface area contributed by atoms with Crippen molar-refractivity contribution in [1.82, 2.24) is 0 Å². The third-order valence-corrected chi connectivity index (χ3v) is 4.23. The minimum absolute atomic E-state index is 1.07. The lowest BCUT2D eigenvalue weighted by Gasteiger charge is -2.07. The monoisotopic (exact) mass is 294 g/mol. The van der Waals surface area contributed by atoms with E-state index in [-0.39, 0.29) is 0 Å². The zero-order valence-corrected chi connectivity index (χ0v) is 11.4. The van der Waals surface area contributed by atoms with Crippen LogP contribution in [-0.4, -0.2) is 0 Å². The van der Waals surface area contributed by atoms with E-state index in [2.05, 4.69) is 70.5 Å². The van der Waals surface area contributed by atoms with Crippen LogP contribution in [0, 0.1) is 0 Å². The molecule has 1 aliphatic carbocycles. The highest BCUT2D eigenvalue weighted by Gasteiger charge is 2.19. The lowest BCUT2D eigenvalue weighted by atomic mass is 9.98. The molecule has 18 heavy (non-hydrogen) atoms. The van der Waals surface area contributed by atoms with E-state index >= 15 is 0 Å². The third-order valence-electron chi connectivity index (χ3n) is 3.74. The van der Waals surface area contributed by atoms with E-state index in [0.29, 0.717) is 0 Å². The normalized spacial score (nSPS) is 12.5. The average Bonchev–Trinajstić information content (AvgIpc) is 2.77. The van der Waals surface area contributed by atoms with Crippen molar-refractivity contribution in [1.29, 1.82) is 0 Å². The van der Waals surface area contributed by atoms with Crippen molar-refractivity contribution in [2.24, 2.45) is 0 Å². The molecule has 3 aromatic rings. The second kappa shape index (κ2) is 3.69. The summed E-state index contributed by atoms with van der Waals surface area (Å²) < 4.78 is 1.14. The average molecular weight is 295 g/mol. The Morgan fingerprint density at radius 2 is 1.72 bits per heavy atom. The van der Waals surface area contributed by atoms with Gasteiger partial charge in [-0.3, -0.25) is 0 Å². The molecule has 0 saturated heterocycles. The van der Waals surface area contributed by atoms with Gasteiger partial charge in [0.1, 0.15) is 0 Å². The molecule has 0 atom stereocenters. The number of rotatable bonds is 0. The molecule has 0 fully saturated rings. The van der Waals surface area contributed by atoms with Gasteiger partial charge in [-0.25, -0.2) is 0 Å². The first-order valence-corrected chi connectivity index (χ1v) is 6.92. The molecule has 0 bridgehead atoms. The first-order chi connectivity index (χ1) is 8.83. The number of halogens is 1. The first-order valence-electron chi connectivity index (χ1n) is 6.12. The second-order valence-electron chi connectivity index (χ2n) is 4.80. The van der Waals surface area contributed by atoms with Crippen molar-refractivity contribution in [3.8, 4) is 11.1 Å². The fourth-order valence-corrected chi connectivity index (χ4v) is 3.31. The van der Waals surface area contributed by atoms with Gasteiger partial charge < -0.3 is 0 Å². The van der Waals surface area contributed by atoms with Crippen molar-refractivity contribution >= 4 is 26.7 Å². The van der Waals surface area contributed by atoms with Gasteiger partial charge in [-0.15, -0.1) is 0 Å². The van der Waals surface area contributed by atoms with Crippen LogP contribution in [0.3, 0.4) is 0 Å². The minimum atomic E-state index is 1.07. The van der Waals surface area contributed by atoms with Gasteiger partial charge in [-0.05, 0) is 51.6 Å². The Balaban J connectivity index is 2.13. The molecule has 0 heterocycles. The maximum atomic E-state index is 3.54. The van der Waals surface area contributed by atoms with Crippen molar-refractivity contribution in [2.75, 3.05) is 0 Å². The Morgan fingerprint density at radius 1 is 0.833 bits per heavy atom. The van der Waals surface area contributed by atoms with E-state index in [4.69, 9.17) is 0 Å². The zero-order valence-electron chi connectivity index (χ0n) is 9.78. The summed E-state index contributed by atoms with van der Waals surface area (Å²) in [6.45, 7) is 0. The van der Waals surface area contributed by atoms with Crippen LogP contribution in [-0.2, 0) is 6.42 Å². The molecule has 0 nitrogen and oxygen atoms in total. The van der Waals surface area contributed by atoms with Gasteiger partial charge in [0.05, 0.1) is 0 Å². The summed E-state index contributed by atoms with van der Waals surface area (Å²) in [5, 5.41) is 2.67. The molecule has 0 radical (unpaired) electrons. The lowest BCUT2D eigenvalue weighted by Crippen LogP contribution is -1.82. The predicted octanol–water partition coefficient (Wildman–Crippen LogP) is 5.17. The van der Waals surface area contributed by atoms with Crippen LogP contribution < -0.4 is 0 Å².